The van der Waals surface area contributed by atoms with Crippen LogP contribution in [0.25, 0.3) is 0 Å². The van der Waals surface area contributed by atoms with Crippen molar-refractivity contribution in [2.75, 3.05) is 14.2 Å². The molecule has 0 saturated carbocycles. The van der Waals surface area contributed by atoms with Gasteiger partial charge in [0.2, 0.25) is 6.79 Å². The monoisotopic (exact) mass is 123 g/mol. The van der Waals surface area contributed by atoms with Crippen LogP contribution in [-0.2, 0) is 31.2 Å². The summed E-state index contributed by atoms with van der Waals surface area (Å²) in [5.41, 5.74) is 0. The van der Waals surface area contributed by atoms with E-state index in [1.165, 1.54) is 21.0 Å². The Hall–Kier alpha value is 0.634. The third-order valence-electron chi connectivity index (χ3n) is 0.192. The summed E-state index contributed by atoms with van der Waals surface area (Å²) in [5.74, 6) is 0. The largest absolute Gasteiger partial charge is 0.351 e. The summed E-state index contributed by atoms with van der Waals surface area (Å²) in [5, 5.41) is 0. The van der Waals surface area contributed by atoms with Crippen molar-refractivity contribution in [1.82, 2.24) is 0 Å². The van der Waals surface area contributed by atoms with Crippen molar-refractivity contribution >= 4 is 0 Å². The molecule has 0 aliphatic rings. The van der Waals surface area contributed by atoms with E-state index in [1.807, 2.05) is 0 Å². The number of hydrogen-bond donors (Lipinski definition) is 0. The number of hydrogen-bond acceptors (Lipinski definition) is 2. The Bertz CT molecular complexity index is 16.3. The molecule has 0 amide bonds. The van der Waals surface area contributed by atoms with Gasteiger partial charge in [-0.3, -0.25) is 0 Å². The fourth-order valence-corrected chi connectivity index (χ4v) is 0.0962. The van der Waals surface area contributed by atoms with Crippen molar-refractivity contribution in [3.8, 4) is 0 Å². The molecule has 0 aromatic carbocycles. The van der Waals surface area contributed by atoms with E-state index in [-0.39, 0.29) is 21.7 Å². The molecule has 0 rings (SSSR count). The van der Waals surface area contributed by atoms with Crippen molar-refractivity contribution in [2.24, 2.45) is 0 Å². The first-order chi connectivity index (χ1) is 2.41. The molecule has 0 bridgehead atoms. The summed E-state index contributed by atoms with van der Waals surface area (Å²) >= 11 is 0. The normalized spacial score (nSPS) is 7.00. The summed E-state index contributed by atoms with van der Waals surface area (Å²) in [4.78, 5) is 0. The molecule has 6 heavy (non-hydrogen) atoms. The van der Waals surface area contributed by atoms with Gasteiger partial charge in [-0.05, 0) is 0 Å². The van der Waals surface area contributed by atoms with Gasteiger partial charge in [-0.15, -0.1) is 0 Å². The molecule has 0 aromatic rings. The summed E-state index contributed by atoms with van der Waals surface area (Å²) in [6, 6.07) is 0. The molecule has 35 valence electrons. The van der Waals surface area contributed by atoms with Crippen LogP contribution >= 0.6 is 0 Å². The molecule has 0 aliphatic heterocycles. The van der Waals surface area contributed by atoms with Crippen LogP contribution in [0.4, 0.5) is 0 Å². The van der Waals surface area contributed by atoms with Gasteiger partial charge in [0.05, 0.1) is 0 Å². The number of methoxy groups -OCH3 is 2. The van der Waals surface area contributed by atoms with Gasteiger partial charge < -0.3 is 9.47 Å². The fraction of sp³-hybridized carbons (Fsp3) is 0.667. The summed E-state index contributed by atoms with van der Waals surface area (Å²) in [7, 11) is 3.06. The van der Waals surface area contributed by atoms with Crippen LogP contribution in [0.2, 0.25) is 0 Å². The first kappa shape index (κ1) is 9.81. The average molecular weight is 123 g/mol. The zero-order valence-electron chi connectivity index (χ0n) is 3.89. The van der Waals surface area contributed by atoms with E-state index in [2.05, 4.69) is 9.47 Å². The van der Waals surface area contributed by atoms with Gasteiger partial charge in [-0.1, -0.05) is 0 Å². The van der Waals surface area contributed by atoms with E-state index in [0.717, 1.165) is 0 Å². The van der Waals surface area contributed by atoms with Crippen LogP contribution in [0.1, 0.15) is 0 Å². The molecule has 1 radical (unpaired) electrons. The average Bonchev–Trinajstić information content (AvgIpc) is 1.41. The number of ether oxygens (including phenoxy) is 2. The van der Waals surface area contributed by atoms with Crippen molar-refractivity contribution in [3.63, 3.8) is 0 Å². The maximum atomic E-state index is 4.34. The minimum Gasteiger partial charge on any atom is -0.351 e. The van der Waals surface area contributed by atoms with Crippen LogP contribution in [0.3, 0.4) is 0 Å². The van der Waals surface area contributed by atoms with Gasteiger partial charge in [0, 0.05) is 35.9 Å². The van der Waals surface area contributed by atoms with E-state index in [4.69, 9.17) is 0 Å². The van der Waals surface area contributed by atoms with Gasteiger partial charge in [0.25, 0.3) is 0 Å². The topological polar surface area (TPSA) is 18.5 Å². The molecule has 0 unspecified atom stereocenters. The van der Waals surface area contributed by atoms with Crippen LogP contribution in [0.15, 0.2) is 0 Å². The van der Waals surface area contributed by atoms with Crippen LogP contribution < -0.4 is 0 Å². The van der Waals surface area contributed by atoms with Crippen LogP contribution in [0.5, 0.6) is 0 Å². The number of rotatable bonds is 2. The van der Waals surface area contributed by atoms with E-state index >= 15 is 0 Å². The summed E-state index contributed by atoms with van der Waals surface area (Å²) < 4.78 is 8.69. The quantitative estimate of drug-likeness (QED) is 0.494. The Balaban J connectivity index is 0. The van der Waals surface area contributed by atoms with Crippen molar-refractivity contribution in [3.05, 3.63) is 6.79 Å². The van der Waals surface area contributed by atoms with E-state index in [0.29, 0.717) is 0 Å². The molecule has 0 heterocycles. The molecule has 3 heteroatoms. The minimum atomic E-state index is 0. The molecule has 0 aromatic heterocycles. The maximum absolute atomic E-state index is 4.34. The third-order valence-corrected chi connectivity index (χ3v) is 0.192. The molecule has 0 fully saturated rings. The zero-order chi connectivity index (χ0) is 4.12. The molecule has 0 saturated heterocycles. The Morgan fingerprint density at radius 1 is 1.17 bits per heavy atom. The van der Waals surface area contributed by atoms with Crippen LogP contribution in [0, 0.1) is 6.79 Å². The van der Waals surface area contributed by atoms with E-state index in [9.17, 15) is 0 Å². The first-order valence-electron chi connectivity index (χ1n) is 1.29. The molecule has 0 N–H and O–H groups in total. The van der Waals surface area contributed by atoms with Gasteiger partial charge in [0.1, 0.15) is 0 Å². The summed E-state index contributed by atoms with van der Waals surface area (Å²) in [6.07, 6.45) is 0. The van der Waals surface area contributed by atoms with Crippen molar-refractivity contribution in [2.45, 2.75) is 0 Å². The van der Waals surface area contributed by atoms with Crippen LogP contribution in [-0.4, -0.2) is 14.2 Å². The SMILES string of the molecule is CO[CH]OC.[Ti]. The van der Waals surface area contributed by atoms with E-state index < -0.39 is 0 Å². The first-order valence-corrected chi connectivity index (χ1v) is 1.29. The summed E-state index contributed by atoms with van der Waals surface area (Å²) in [6.45, 7) is 1.25. The van der Waals surface area contributed by atoms with Gasteiger partial charge in [-0.2, -0.15) is 0 Å². The molecular weight excluding hydrogens is 116 g/mol. The van der Waals surface area contributed by atoms with Crippen molar-refractivity contribution in [1.29, 1.82) is 0 Å². The maximum Gasteiger partial charge on any atom is 0.208 e. The zero-order valence-corrected chi connectivity index (χ0v) is 5.46. The molecule has 0 atom stereocenters. The Labute approximate surface area is 52.7 Å². The Kier molecular flexibility index (Phi) is 15.0. The predicted molar refractivity (Wildman–Crippen MR) is 18.3 cm³/mol. The van der Waals surface area contributed by atoms with E-state index in [1.54, 1.807) is 0 Å². The minimum absolute atomic E-state index is 0. The molecule has 0 aliphatic carbocycles. The predicted octanol–water partition coefficient (Wildman–Crippen LogP) is 0.396. The second-order valence-corrected chi connectivity index (χ2v) is 0.568. The molecule has 0 spiro atoms. The van der Waals surface area contributed by atoms with Gasteiger partial charge >= 0.3 is 0 Å². The molecular formula is C3H7O2Ti. The standard InChI is InChI=1S/C3H7O2.Ti/c1-4-3-5-2;/h3H,1-2H3;. The smallest absolute Gasteiger partial charge is 0.208 e. The second-order valence-electron chi connectivity index (χ2n) is 0.568. The van der Waals surface area contributed by atoms with Gasteiger partial charge in [0.15, 0.2) is 0 Å². The third kappa shape index (κ3) is 8.82. The second kappa shape index (κ2) is 9.16. The van der Waals surface area contributed by atoms with Gasteiger partial charge in [-0.25, -0.2) is 0 Å². The van der Waals surface area contributed by atoms with Crippen molar-refractivity contribution < 1.29 is 31.2 Å². The fourth-order valence-electron chi connectivity index (χ4n) is 0.0962. The Morgan fingerprint density at radius 2 is 1.50 bits per heavy atom. The molecule has 2 nitrogen and oxygen atoms in total. The Morgan fingerprint density at radius 3 is 1.50 bits per heavy atom.